The second kappa shape index (κ2) is 9.48. The highest BCUT2D eigenvalue weighted by Crippen LogP contribution is 2.36. The zero-order valence-electron chi connectivity index (χ0n) is 16.1. The van der Waals surface area contributed by atoms with Crippen LogP contribution in [0.1, 0.15) is 23.7 Å². The SMILES string of the molecule is COc1ccc([C@H]2[C@H](CO)OCCN2C(=O)CCc2cnccn2)cc1OC. The largest absolute Gasteiger partial charge is 0.493 e. The minimum absolute atomic E-state index is 0.0211. The normalized spacial score (nSPS) is 19.3. The smallest absolute Gasteiger partial charge is 0.223 e. The van der Waals surface area contributed by atoms with E-state index >= 15 is 0 Å². The maximum Gasteiger partial charge on any atom is 0.223 e. The number of amides is 1. The van der Waals surface area contributed by atoms with Crippen LogP contribution in [-0.4, -0.2) is 66.0 Å². The first-order valence-electron chi connectivity index (χ1n) is 9.16. The van der Waals surface area contributed by atoms with Gasteiger partial charge in [0.25, 0.3) is 0 Å². The van der Waals surface area contributed by atoms with Gasteiger partial charge in [-0.3, -0.25) is 14.8 Å². The summed E-state index contributed by atoms with van der Waals surface area (Å²) in [6.45, 7) is 0.646. The molecule has 0 bridgehead atoms. The van der Waals surface area contributed by atoms with Crippen LogP contribution in [0.5, 0.6) is 11.5 Å². The molecule has 0 radical (unpaired) electrons. The van der Waals surface area contributed by atoms with Crippen molar-refractivity contribution in [2.75, 3.05) is 34.0 Å². The van der Waals surface area contributed by atoms with E-state index < -0.39 is 12.1 Å². The third-order valence-corrected chi connectivity index (χ3v) is 4.81. The topological polar surface area (TPSA) is 94.0 Å². The summed E-state index contributed by atoms with van der Waals surface area (Å²) in [5.41, 5.74) is 1.59. The lowest BCUT2D eigenvalue weighted by Crippen LogP contribution is -2.49. The Morgan fingerprint density at radius 1 is 1.29 bits per heavy atom. The summed E-state index contributed by atoms with van der Waals surface area (Å²) in [7, 11) is 3.13. The first kappa shape index (κ1) is 20.0. The molecule has 8 heteroatoms. The second-order valence-corrected chi connectivity index (χ2v) is 6.43. The zero-order chi connectivity index (χ0) is 19.9. The van der Waals surface area contributed by atoms with Crippen LogP contribution in [-0.2, 0) is 16.0 Å². The van der Waals surface area contributed by atoms with Crippen LogP contribution >= 0.6 is 0 Å². The zero-order valence-corrected chi connectivity index (χ0v) is 16.1. The van der Waals surface area contributed by atoms with Gasteiger partial charge in [-0.15, -0.1) is 0 Å². The molecule has 1 aromatic heterocycles. The fourth-order valence-corrected chi connectivity index (χ4v) is 3.43. The average Bonchev–Trinajstić information content (AvgIpc) is 2.77. The van der Waals surface area contributed by atoms with Crippen molar-refractivity contribution >= 4 is 5.91 Å². The fourth-order valence-electron chi connectivity index (χ4n) is 3.43. The Bertz CT molecular complexity index is 787. The lowest BCUT2D eigenvalue weighted by molar-refractivity contribution is -0.149. The Labute approximate surface area is 164 Å². The minimum Gasteiger partial charge on any atom is -0.493 e. The van der Waals surface area contributed by atoms with Gasteiger partial charge in [0.15, 0.2) is 11.5 Å². The van der Waals surface area contributed by atoms with Gasteiger partial charge in [-0.1, -0.05) is 6.07 Å². The summed E-state index contributed by atoms with van der Waals surface area (Å²) in [6, 6.07) is 5.07. The van der Waals surface area contributed by atoms with E-state index in [4.69, 9.17) is 14.2 Å². The predicted molar refractivity (Wildman–Crippen MR) is 101 cm³/mol. The first-order valence-corrected chi connectivity index (χ1v) is 9.16. The van der Waals surface area contributed by atoms with Crippen LogP contribution in [0.4, 0.5) is 0 Å². The van der Waals surface area contributed by atoms with Gasteiger partial charge in [0.2, 0.25) is 5.91 Å². The number of aryl methyl sites for hydroxylation is 1. The second-order valence-electron chi connectivity index (χ2n) is 6.43. The molecule has 150 valence electrons. The van der Waals surface area contributed by atoms with E-state index in [1.165, 1.54) is 0 Å². The van der Waals surface area contributed by atoms with E-state index in [-0.39, 0.29) is 12.5 Å². The van der Waals surface area contributed by atoms with Crippen LogP contribution < -0.4 is 9.47 Å². The van der Waals surface area contributed by atoms with E-state index in [2.05, 4.69) is 9.97 Å². The van der Waals surface area contributed by atoms with Gasteiger partial charge in [0.1, 0.15) is 6.10 Å². The Morgan fingerprint density at radius 3 is 2.79 bits per heavy atom. The van der Waals surface area contributed by atoms with Crippen LogP contribution in [0.25, 0.3) is 0 Å². The summed E-state index contributed by atoms with van der Waals surface area (Å²) in [6.07, 6.45) is 5.18. The number of aliphatic hydroxyl groups excluding tert-OH is 1. The molecule has 1 amide bonds. The van der Waals surface area contributed by atoms with Crippen molar-refractivity contribution in [1.82, 2.24) is 14.9 Å². The van der Waals surface area contributed by atoms with E-state index in [0.29, 0.717) is 37.5 Å². The summed E-state index contributed by atoms with van der Waals surface area (Å²) >= 11 is 0. The van der Waals surface area contributed by atoms with Crippen molar-refractivity contribution in [3.05, 3.63) is 48.0 Å². The van der Waals surface area contributed by atoms with Crippen molar-refractivity contribution < 1.29 is 24.1 Å². The van der Waals surface area contributed by atoms with Crippen molar-refractivity contribution in [3.63, 3.8) is 0 Å². The Hall–Kier alpha value is -2.71. The van der Waals surface area contributed by atoms with Crippen LogP contribution in [0, 0.1) is 0 Å². The monoisotopic (exact) mass is 387 g/mol. The maximum atomic E-state index is 13.0. The van der Waals surface area contributed by atoms with Gasteiger partial charge in [-0.2, -0.15) is 0 Å². The molecule has 0 aliphatic carbocycles. The molecule has 1 saturated heterocycles. The van der Waals surface area contributed by atoms with Crippen LogP contribution in [0.15, 0.2) is 36.8 Å². The van der Waals surface area contributed by atoms with Gasteiger partial charge < -0.3 is 24.2 Å². The highest BCUT2D eigenvalue weighted by atomic mass is 16.5. The number of benzene rings is 1. The molecular weight excluding hydrogens is 362 g/mol. The molecule has 0 saturated carbocycles. The van der Waals surface area contributed by atoms with E-state index in [1.54, 1.807) is 43.8 Å². The molecular formula is C20H25N3O5. The van der Waals surface area contributed by atoms with Gasteiger partial charge in [0, 0.05) is 31.6 Å². The summed E-state index contributed by atoms with van der Waals surface area (Å²) in [5.74, 6) is 1.14. The quantitative estimate of drug-likeness (QED) is 0.767. The molecule has 1 aliphatic heterocycles. The van der Waals surface area contributed by atoms with E-state index in [0.717, 1.165) is 11.3 Å². The number of aromatic nitrogens is 2. The summed E-state index contributed by atoms with van der Waals surface area (Å²) < 4.78 is 16.4. The Morgan fingerprint density at radius 2 is 2.11 bits per heavy atom. The highest BCUT2D eigenvalue weighted by molar-refractivity contribution is 5.77. The van der Waals surface area contributed by atoms with Crippen LogP contribution in [0.3, 0.4) is 0 Å². The maximum absolute atomic E-state index is 13.0. The standard InChI is InChI=1S/C20H25N3O5/c1-26-16-5-3-14(11-17(16)27-2)20-18(13-24)28-10-9-23(20)19(25)6-4-15-12-21-7-8-22-15/h3,5,7-8,11-12,18,20,24H,4,6,9-10,13H2,1-2H3/t18-,20-/m0/s1. The molecule has 0 spiro atoms. The number of aliphatic hydroxyl groups is 1. The van der Waals surface area contributed by atoms with Gasteiger partial charge in [-0.05, 0) is 24.1 Å². The molecule has 1 aromatic carbocycles. The van der Waals surface area contributed by atoms with E-state index in [1.807, 2.05) is 12.1 Å². The number of rotatable bonds is 7. The Kier molecular flexibility index (Phi) is 6.78. The third kappa shape index (κ3) is 4.40. The number of methoxy groups -OCH3 is 2. The third-order valence-electron chi connectivity index (χ3n) is 4.81. The number of carbonyl (C=O) groups excluding carboxylic acids is 1. The lowest BCUT2D eigenvalue weighted by atomic mass is 9.97. The van der Waals surface area contributed by atoms with Gasteiger partial charge >= 0.3 is 0 Å². The molecule has 1 aliphatic rings. The molecule has 28 heavy (non-hydrogen) atoms. The molecule has 1 N–H and O–H groups in total. The number of hydrogen-bond acceptors (Lipinski definition) is 7. The number of morpholine rings is 1. The van der Waals surface area contributed by atoms with Gasteiger partial charge in [-0.25, -0.2) is 0 Å². The number of nitrogens with zero attached hydrogens (tertiary/aromatic N) is 3. The summed E-state index contributed by atoms with van der Waals surface area (Å²) in [5, 5.41) is 9.82. The molecule has 3 rings (SSSR count). The first-order chi connectivity index (χ1) is 13.7. The number of carbonyl (C=O) groups is 1. The Balaban J connectivity index is 1.83. The average molecular weight is 387 g/mol. The van der Waals surface area contributed by atoms with Crippen molar-refractivity contribution in [3.8, 4) is 11.5 Å². The van der Waals surface area contributed by atoms with Crippen LogP contribution in [0.2, 0.25) is 0 Å². The van der Waals surface area contributed by atoms with Crippen molar-refractivity contribution in [2.24, 2.45) is 0 Å². The van der Waals surface area contributed by atoms with Gasteiger partial charge in [0.05, 0.1) is 39.2 Å². The molecule has 8 nitrogen and oxygen atoms in total. The molecule has 2 aromatic rings. The molecule has 2 heterocycles. The molecule has 2 atom stereocenters. The predicted octanol–water partition coefficient (Wildman–Crippen LogP) is 1.39. The lowest BCUT2D eigenvalue weighted by Gasteiger charge is -2.41. The highest BCUT2D eigenvalue weighted by Gasteiger charge is 2.36. The van der Waals surface area contributed by atoms with Crippen molar-refractivity contribution in [1.29, 1.82) is 0 Å². The summed E-state index contributed by atoms with van der Waals surface area (Å²) in [4.78, 5) is 23.0. The minimum atomic E-state index is -0.507. The fraction of sp³-hybridized carbons (Fsp3) is 0.450. The number of hydrogen-bond donors (Lipinski definition) is 1. The van der Waals surface area contributed by atoms with E-state index in [9.17, 15) is 9.90 Å². The molecule has 0 unspecified atom stereocenters. The number of ether oxygens (including phenoxy) is 3. The van der Waals surface area contributed by atoms with Crippen molar-refractivity contribution in [2.45, 2.75) is 25.0 Å². The molecule has 1 fully saturated rings.